The molecule has 1 fully saturated rings. The second kappa shape index (κ2) is 6.26. The summed E-state index contributed by atoms with van der Waals surface area (Å²) in [5, 5.41) is 2.90. The molecular weight excluding hydrogens is 268 g/mol. The van der Waals surface area contributed by atoms with Crippen LogP contribution in [0.5, 0.6) is 0 Å². The van der Waals surface area contributed by atoms with E-state index in [4.69, 9.17) is 4.74 Å². The predicted molar refractivity (Wildman–Crippen MR) is 80.4 cm³/mol. The Morgan fingerprint density at radius 3 is 2.38 bits per heavy atom. The van der Waals surface area contributed by atoms with E-state index in [1.165, 1.54) is 0 Å². The highest BCUT2D eigenvalue weighted by Crippen LogP contribution is 2.11. The van der Waals surface area contributed by atoms with Crippen molar-refractivity contribution in [2.45, 2.75) is 26.3 Å². The second-order valence-electron chi connectivity index (χ2n) is 6.19. The highest BCUT2D eigenvalue weighted by Gasteiger charge is 2.20. The number of amides is 2. The van der Waals surface area contributed by atoms with Crippen LogP contribution in [0.4, 0.5) is 0 Å². The largest absolute Gasteiger partial charge is 0.378 e. The quantitative estimate of drug-likeness (QED) is 0.901. The Balaban J connectivity index is 2.13. The summed E-state index contributed by atoms with van der Waals surface area (Å²) in [5.74, 6) is -0.220. The van der Waals surface area contributed by atoms with Gasteiger partial charge in [0.25, 0.3) is 11.8 Å². The maximum atomic E-state index is 12.4. The van der Waals surface area contributed by atoms with Gasteiger partial charge in [-0.2, -0.15) is 0 Å². The zero-order chi connectivity index (χ0) is 15.5. The van der Waals surface area contributed by atoms with Crippen molar-refractivity contribution in [3.63, 3.8) is 0 Å². The highest BCUT2D eigenvalue weighted by atomic mass is 16.5. The van der Waals surface area contributed by atoms with Crippen LogP contribution < -0.4 is 5.32 Å². The smallest absolute Gasteiger partial charge is 0.254 e. The summed E-state index contributed by atoms with van der Waals surface area (Å²) in [4.78, 5) is 26.3. The lowest BCUT2D eigenvalue weighted by molar-refractivity contribution is 0.0303. The molecule has 1 aromatic carbocycles. The summed E-state index contributed by atoms with van der Waals surface area (Å²) < 4.78 is 5.24. The number of carbonyl (C=O) groups is 2. The first kappa shape index (κ1) is 15.5. The van der Waals surface area contributed by atoms with E-state index in [9.17, 15) is 9.59 Å². The Bertz CT molecular complexity index is 529. The van der Waals surface area contributed by atoms with E-state index in [0.29, 0.717) is 37.4 Å². The fraction of sp³-hybridized carbons (Fsp3) is 0.500. The molecule has 5 nitrogen and oxygen atoms in total. The van der Waals surface area contributed by atoms with Gasteiger partial charge >= 0.3 is 0 Å². The first-order chi connectivity index (χ1) is 9.87. The molecule has 0 unspecified atom stereocenters. The third-order valence-corrected chi connectivity index (χ3v) is 3.16. The van der Waals surface area contributed by atoms with Crippen molar-refractivity contribution < 1.29 is 14.3 Å². The molecule has 5 heteroatoms. The van der Waals surface area contributed by atoms with Gasteiger partial charge in [0, 0.05) is 29.8 Å². The Morgan fingerprint density at radius 1 is 1.14 bits per heavy atom. The Labute approximate surface area is 125 Å². The van der Waals surface area contributed by atoms with Gasteiger partial charge in [0.2, 0.25) is 0 Å². The molecule has 1 aromatic rings. The zero-order valence-electron chi connectivity index (χ0n) is 12.8. The molecule has 2 amide bonds. The third kappa shape index (κ3) is 4.29. The molecule has 0 saturated carbocycles. The van der Waals surface area contributed by atoms with Crippen LogP contribution in [0.15, 0.2) is 24.3 Å². The summed E-state index contributed by atoms with van der Waals surface area (Å²) in [6, 6.07) is 6.85. The number of nitrogens with one attached hydrogen (secondary N) is 1. The minimum atomic E-state index is -0.304. The number of rotatable bonds is 2. The van der Waals surface area contributed by atoms with Gasteiger partial charge in [-0.15, -0.1) is 0 Å². The lowest BCUT2D eigenvalue weighted by atomic mass is 10.1. The van der Waals surface area contributed by atoms with Crippen LogP contribution in [0, 0.1) is 0 Å². The van der Waals surface area contributed by atoms with Crippen LogP contribution in [0.3, 0.4) is 0 Å². The fourth-order valence-corrected chi connectivity index (χ4v) is 2.16. The van der Waals surface area contributed by atoms with Crippen LogP contribution in [-0.2, 0) is 4.74 Å². The van der Waals surface area contributed by atoms with E-state index in [2.05, 4.69) is 5.32 Å². The number of benzene rings is 1. The average molecular weight is 290 g/mol. The lowest BCUT2D eigenvalue weighted by Gasteiger charge is -2.27. The van der Waals surface area contributed by atoms with E-state index >= 15 is 0 Å². The van der Waals surface area contributed by atoms with Crippen molar-refractivity contribution in [3.8, 4) is 0 Å². The SMILES string of the molecule is CC(C)(C)NC(=O)c1cccc(C(=O)N2CCOCC2)c1. The molecule has 0 aliphatic carbocycles. The molecule has 0 aromatic heterocycles. The lowest BCUT2D eigenvalue weighted by Crippen LogP contribution is -2.41. The minimum Gasteiger partial charge on any atom is -0.378 e. The van der Waals surface area contributed by atoms with Gasteiger partial charge in [0.15, 0.2) is 0 Å². The molecule has 2 rings (SSSR count). The van der Waals surface area contributed by atoms with Crippen molar-refractivity contribution in [2.24, 2.45) is 0 Å². The van der Waals surface area contributed by atoms with Gasteiger partial charge in [-0.1, -0.05) is 6.07 Å². The second-order valence-corrected chi connectivity index (χ2v) is 6.19. The minimum absolute atomic E-state index is 0.0521. The molecule has 1 aliphatic heterocycles. The molecule has 114 valence electrons. The Morgan fingerprint density at radius 2 is 1.76 bits per heavy atom. The summed E-state index contributed by atoms with van der Waals surface area (Å²) in [6.45, 7) is 8.09. The molecule has 21 heavy (non-hydrogen) atoms. The summed E-state index contributed by atoms with van der Waals surface area (Å²) >= 11 is 0. The van der Waals surface area contributed by atoms with E-state index in [1.54, 1.807) is 29.2 Å². The van der Waals surface area contributed by atoms with Crippen LogP contribution >= 0.6 is 0 Å². The van der Waals surface area contributed by atoms with Crippen LogP contribution in [0.1, 0.15) is 41.5 Å². The van der Waals surface area contributed by atoms with Crippen LogP contribution in [0.2, 0.25) is 0 Å². The summed E-state index contributed by atoms with van der Waals surface area (Å²) in [5.41, 5.74) is 0.740. The van der Waals surface area contributed by atoms with Gasteiger partial charge < -0.3 is 15.0 Å². The van der Waals surface area contributed by atoms with Crippen molar-refractivity contribution >= 4 is 11.8 Å². The number of ether oxygens (including phenoxy) is 1. The highest BCUT2D eigenvalue weighted by molar-refractivity contribution is 5.99. The molecule has 0 atom stereocenters. The number of hydrogen-bond donors (Lipinski definition) is 1. The molecule has 1 aliphatic rings. The van der Waals surface area contributed by atoms with Gasteiger partial charge in [-0.25, -0.2) is 0 Å². The van der Waals surface area contributed by atoms with E-state index in [1.807, 2.05) is 20.8 Å². The van der Waals surface area contributed by atoms with E-state index in [-0.39, 0.29) is 17.4 Å². The van der Waals surface area contributed by atoms with Crippen molar-refractivity contribution in [1.29, 1.82) is 0 Å². The average Bonchev–Trinajstić information content (AvgIpc) is 2.46. The predicted octanol–water partition coefficient (Wildman–Crippen LogP) is 1.69. The molecule has 1 saturated heterocycles. The normalized spacial score (nSPS) is 15.7. The van der Waals surface area contributed by atoms with Gasteiger partial charge in [0.05, 0.1) is 13.2 Å². The Kier molecular flexibility index (Phi) is 4.63. The molecule has 1 N–H and O–H groups in total. The molecule has 0 radical (unpaired) electrons. The maximum Gasteiger partial charge on any atom is 0.254 e. The van der Waals surface area contributed by atoms with Crippen LogP contribution in [-0.4, -0.2) is 48.6 Å². The Hall–Kier alpha value is -1.88. The molecule has 0 spiro atoms. The standard InChI is InChI=1S/C16H22N2O3/c1-16(2,3)17-14(19)12-5-4-6-13(11-12)15(20)18-7-9-21-10-8-18/h4-6,11H,7-10H2,1-3H3,(H,17,19). The molecule has 0 bridgehead atoms. The number of hydrogen-bond acceptors (Lipinski definition) is 3. The number of nitrogens with zero attached hydrogens (tertiary/aromatic N) is 1. The van der Waals surface area contributed by atoms with E-state index < -0.39 is 0 Å². The summed E-state index contributed by atoms with van der Waals surface area (Å²) in [6.07, 6.45) is 0. The van der Waals surface area contributed by atoms with E-state index in [0.717, 1.165) is 0 Å². The molecular formula is C16H22N2O3. The summed E-state index contributed by atoms with van der Waals surface area (Å²) in [7, 11) is 0. The van der Waals surface area contributed by atoms with Gasteiger partial charge in [-0.3, -0.25) is 9.59 Å². The zero-order valence-corrected chi connectivity index (χ0v) is 12.8. The first-order valence-electron chi connectivity index (χ1n) is 7.16. The van der Waals surface area contributed by atoms with Gasteiger partial charge in [-0.05, 0) is 39.0 Å². The van der Waals surface area contributed by atoms with Crippen molar-refractivity contribution in [3.05, 3.63) is 35.4 Å². The fourth-order valence-electron chi connectivity index (χ4n) is 2.16. The van der Waals surface area contributed by atoms with Crippen molar-refractivity contribution in [1.82, 2.24) is 10.2 Å². The van der Waals surface area contributed by atoms with Crippen molar-refractivity contribution in [2.75, 3.05) is 26.3 Å². The third-order valence-electron chi connectivity index (χ3n) is 3.16. The molecule has 1 heterocycles. The number of morpholine rings is 1. The maximum absolute atomic E-state index is 12.4. The topological polar surface area (TPSA) is 58.6 Å². The van der Waals surface area contributed by atoms with Crippen LogP contribution in [0.25, 0.3) is 0 Å². The first-order valence-corrected chi connectivity index (χ1v) is 7.16. The monoisotopic (exact) mass is 290 g/mol. The number of carbonyl (C=O) groups excluding carboxylic acids is 2. The van der Waals surface area contributed by atoms with Gasteiger partial charge in [0.1, 0.15) is 0 Å².